The zero-order valence-corrected chi connectivity index (χ0v) is 9.47. The zero-order valence-electron chi connectivity index (χ0n) is 9.47. The van der Waals surface area contributed by atoms with Crippen molar-refractivity contribution in [2.24, 2.45) is 5.92 Å². The van der Waals surface area contributed by atoms with E-state index in [4.69, 9.17) is 0 Å². The Morgan fingerprint density at radius 1 is 1.59 bits per heavy atom. The maximum atomic E-state index is 11.6. The van der Waals surface area contributed by atoms with Crippen LogP contribution in [0.4, 0.5) is 11.5 Å². The molecule has 0 unspecified atom stereocenters. The molecule has 0 atom stereocenters. The van der Waals surface area contributed by atoms with Gasteiger partial charge in [-0.15, -0.1) is 0 Å². The minimum atomic E-state index is -0.486. The number of nitrogens with zero attached hydrogens (tertiary/aromatic N) is 2. The lowest BCUT2D eigenvalue weighted by Gasteiger charge is -2.23. The van der Waals surface area contributed by atoms with E-state index < -0.39 is 4.92 Å². The van der Waals surface area contributed by atoms with Gasteiger partial charge >= 0.3 is 0 Å². The van der Waals surface area contributed by atoms with Gasteiger partial charge in [0, 0.05) is 11.5 Å². The van der Waals surface area contributed by atoms with Gasteiger partial charge in [0.1, 0.15) is 12.0 Å². The molecule has 0 aliphatic heterocycles. The van der Waals surface area contributed by atoms with Crippen molar-refractivity contribution in [2.45, 2.75) is 26.2 Å². The summed E-state index contributed by atoms with van der Waals surface area (Å²) in [5.74, 6) is 0.411. The van der Waals surface area contributed by atoms with Crippen LogP contribution in [-0.2, 0) is 4.79 Å². The van der Waals surface area contributed by atoms with Crippen molar-refractivity contribution < 1.29 is 9.72 Å². The summed E-state index contributed by atoms with van der Waals surface area (Å²) in [7, 11) is 0. The number of nitro groups is 1. The van der Waals surface area contributed by atoms with Gasteiger partial charge in [-0.2, -0.15) is 0 Å². The van der Waals surface area contributed by atoms with Gasteiger partial charge in [-0.3, -0.25) is 14.9 Å². The summed E-state index contributed by atoms with van der Waals surface area (Å²) in [5.41, 5.74) is 0.459. The van der Waals surface area contributed by atoms with Crippen molar-refractivity contribution in [1.82, 2.24) is 4.98 Å². The smallest absolute Gasteiger partial charge is 0.290 e. The average molecular weight is 235 g/mol. The molecular weight excluding hydrogens is 222 g/mol. The summed E-state index contributed by atoms with van der Waals surface area (Å²) < 4.78 is 0. The van der Waals surface area contributed by atoms with Gasteiger partial charge in [-0.1, -0.05) is 6.42 Å². The van der Waals surface area contributed by atoms with Gasteiger partial charge in [0.05, 0.1) is 4.92 Å². The van der Waals surface area contributed by atoms with Crippen molar-refractivity contribution in [3.05, 3.63) is 27.9 Å². The number of hydrogen-bond acceptors (Lipinski definition) is 4. The van der Waals surface area contributed by atoms with Gasteiger partial charge in [0.2, 0.25) is 5.91 Å². The Morgan fingerprint density at radius 3 is 2.76 bits per heavy atom. The molecule has 1 heterocycles. The summed E-state index contributed by atoms with van der Waals surface area (Å²) >= 11 is 0. The number of rotatable bonds is 3. The first kappa shape index (κ1) is 11.5. The highest BCUT2D eigenvalue weighted by molar-refractivity contribution is 5.92. The summed E-state index contributed by atoms with van der Waals surface area (Å²) in [6.45, 7) is 1.62. The molecule has 17 heavy (non-hydrogen) atoms. The Kier molecular flexibility index (Phi) is 3.03. The van der Waals surface area contributed by atoms with Crippen molar-refractivity contribution in [3.8, 4) is 0 Å². The predicted molar refractivity (Wildman–Crippen MR) is 61.6 cm³/mol. The van der Waals surface area contributed by atoms with Crippen molar-refractivity contribution in [3.63, 3.8) is 0 Å². The minimum Gasteiger partial charge on any atom is -0.310 e. The Morgan fingerprint density at radius 2 is 2.29 bits per heavy atom. The van der Waals surface area contributed by atoms with E-state index in [2.05, 4.69) is 10.3 Å². The molecule has 1 aromatic rings. The largest absolute Gasteiger partial charge is 0.310 e. The zero-order chi connectivity index (χ0) is 12.4. The molecule has 1 aliphatic carbocycles. The third kappa shape index (κ3) is 2.41. The highest BCUT2D eigenvalue weighted by Crippen LogP contribution is 2.27. The van der Waals surface area contributed by atoms with Crippen LogP contribution in [-0.4, -0.2) is 15.8 Å². The molecule has 1 fully saturated rings. The first-order valence-electron chi connectivity index (χ1n) is 5.50. The lowest BCUT2D eigenvalue weighted by atomic mass is 9.85. The van der Waals surface area contributed by atoms with E-state index in [1.54, 1.807) is 6.92 Å². The normalized spacial score (nSPS) is 15.1. The van der Waals surface area contributed by atoms with E-state index in [9.17, 15) is 14.9 Å². The van der Waals surface area contributed by atoms with Crippen LogP contribution >= 0.6 is 0 Å². The summed E-state index contributed by atoms with van der Waals surface area (Å²) in [6, 6.07) is 1.52. The van der Waals surface area contributed by atoms with Gasteiger partial charge in [0.25, 0.3) is 5.69 Å². The quantitative estimate of drug-likeness (QED) is 0.641. The van der Waals surface area contributed by atoms with Crippen LogP contribution in [0.15, 0.2) is 12.3 Å². The molecule has 0 saturated heterocycles. The van der Waals surface area contributed by atoms with Crippen molar-refractivity contribution in [2.75, 3.05) is 5.32 Å². The second-order valence-electron chi connectivity index (χ2n) is 4.23. The number of pyridine rings is 1. The Hall–Kier alpha value is -1.98. The van der Waals surface area contributed by atoms with Crippen LogP contribution < -0.4 is 5.32 Å². The summed E-state index contributed by atoms with van der Waals surface area (Å²) in [6.07, 6.45) is 4.09. The first-order chi connectivity index (χ1) is 8.08. The maximum Gasteiger partial charge on any atom is 0.290 e. The number of hydrogen-bond donors (Lipinski definition) is 1. The Bertz CT molecular complexity index is 469. The van der Waals surface area contributed by atoms with E-state index in [0.717, 1.165) is 19.3 Å². The molecule has 0 radical (unpaired) electrons. The molecule has 90 valence electrons. The van der Waals surface area contributed by atoms with Crippen LogP contribution in [0.5, 0.6) is 0 Å². The SMILES string of the molecule is Cc1cc(NC(=O)C2CCC2)ncc1[N+](=O)[O-]. The summed E-state index contributed by atoms with van der Waals surface area (Å²) in [4.78, 5) is 25.6. The number of aryl methyl sites for hydroxylation is 1. The lowest BCUT2D eigenvalue weighted by molar-refractivity contribution is -0.385. The second kappa shape index (κ2) is 4.48. The molecule has 0 spiro atoms. The fourth-order valence-corrected chi connectivity index (χ4v) is 1.71. The summed E-state index contributed by atoms with van der Waals surface area (Å²) in [5, 5.41) is 13.3. The third-order valence-corrected chi connectivity index (χ3v) is 3.01. The number of aromatic nitrogens is 1. The average Bonchev–Trinajstić information content (AvgIpc) is 2.13. The van der Waals surface area contributed by atoms with E-state index in [-0.39, 0.29) is 17.5 Å². The predicted octanol–water partition coefficient (Wildman–Crippen LogP) is 2.04. The molecule has 0 aromatic carbocycles. The molecule has 1 saturated carbocycles. The topological polar surface area (TPSA) is 85.1 Å². The highest BCUT2D eigenvalue weighted by Gasteiger charge is 2.25. The molecular formula is C11H13N3O3. The van der Waals surface area contributed by atoms with Crippen LogP contribution in [0.3, 0.4) is 0 Å². The number of nitrogens with one attached hydrogen (secondary N) is 1. The van der Waals surface area contributed by atoms with E-state index >= 15 is 0 Å². The minimum absolute atomic E-state index is 0.0355. The molecule has 6 heteroatoms. The third-order valence-electron chi connectivity index (χ3n) is 3.01. The van der Waals surface area contributed by atoms with Gasteiger partial charge in [-0.05, 0) is 25.8 Å². The standard InChI is InChI=1S/C11H13N3O3/c1-7-5-10(12-6-9(7)14(16)17)13-11(15)8-3-2-4-8/h5-6,8H,2-4H2,1H3,(H,12,13,15). The maximum absolute atomic E-state index is 11.6. The number of amides is 1. The fourth-order valence-electron chi connectivity index (χ4n) is 1.71. The second-order valence-corrected chi connectivity index (χ2v) is 4.23. The molecule has 2 rings (SSSR count). The van der Waals surface area contributed by atoms with Gasteiger partial charge < -0.3 is 5.32 Å². The van der Waals surface area contributed by atoms with Crippen molar-refractivity contribution >= 4 is 17.4 Å². The Labute approximate surface area is 98.2 Å². The number of anilines is 1. The highest BCUT2D eigenvalue weighted by atomic mass is 16.6. The number of carbonyl (C=O) groups is 1. The van der Waals surface area contributed by atoms with E-state index in [1.807, 2.05) is 0 Å². The van der Waals surface area contributed by atoms with Crippen LogP contribution in [0.2, 0.25) is 0 Å². The molecule has 1 aliphatic rings. The fraction of sp³-hybridized carbons (Fsp3) is 0.455. The monoisotopic (exact) mass is 235 g/mol. The molecule has 1 aromatic heterocycles. The molecule has 1 amide bonds. The first-order valence-corrected chi connectivity index (χ1v) is 5.50. The lowest BCUT2D eigenvalue weighted by Crippen LogP contribution is -2.28. The number of carbonyl (C=O) groups excluding carboxylic acids is 1. The van der Waals surface area contributed by atoms with Crippen LogP contribution in [0.25, 0.3) is 0 Å². The van der Waals surface area contributed by atoms with E-state index in [1.165, 1.54) is 12.3 Å². The van der Waals surface area contributed by atoms with Gasteiger partial charge in [-0.25, -0.2) is 4.98 Å². The van der Waals surface area contributed by atoms with Crippen molar-refractivity contribution in [1.29, 1.82) is 0 Å². The van der Waals surface area contributed by atoms with Crippen LogP contribution in [0, 0.1) is 23.0 Å². The van der Waals surface area contributed by atoms with E-state index in [0.29, 0.717) is 11.4 Å². The molecule has 0 bridgehead atoms. The Balaban J connectivity index is 2.09. The van der Waals surface area contributed by atoms with Crippen LogP contribution in [0.1, 0.15) is 24.8 Å². The van der Waals surface area contributed by atoms with Gasteiger partial charge in [0.15, 0.2) is 0 Å². The molecule has 6 nitrogen and oxygen atoms in total. The molecule has 1 N–H and O–H groups in total.